The lowest BCUT2D eigenvalue weighted by Gasteiger charge is -2.31. The fourth-order valence-electron chi connectivity index (χ4n) is 7.05. The predicted octanol–water partition coefficient (Wildman–Crippen LogP) is 2.44. The summed E-state index contributed by atoms with van der Waals surface area (Å²) in [6, 6.07) is 2.75. The molecule has 5 rings (SSSR count). The third kappa shape index (κ3) is 11.3. The Kier molecular flexibility index (Phi) is 15.5. The van der Waals surface area contributed by atoms with E-state index in [0.29, 0.717) is 17.5 Å². The summed E-state index contributed by atoms with van der Waals surface area (Å²) >= 11 is 6.94. The highest BCUT2D eigenvalue weighted by molar-refractivity contribution is 9.10. The Morgan fingerprint density at radius 3 is 1.75 bits per heavy atom. The minimum atomic E-state index is -1.66. The van der Waals surface area contributed by atoms with Gasteiger partial charge in [0.05, 0.1) is 6.61 Å². The largest absolute Gasteiger partial charge is 0.481 e. The van der Waals surface area contributed by atoms with Crippen molar-refractivity contribution in [2.75, 3.05) is 6.61 Å². The van der Waals surface area contributed by atoms with E-state index in [1.54, 1.807) is 33.2 Å². The van der Waals surface area contributed by atoms with Gasteiger partial charge in [-0.1, -0.05) is 72.0 Å². The molecule has 1 aliphatic heterocycles. The molecule has 60 heavy (non-hydrogen) atoms. The number of nitrogens with one attached hydrogen (secondary N) is 8. The van der Waals surface area contributed by atoms with Crippen molar-refractivity contribution in [3.05, 3.63) is 68.9 Å². The van der Waals surface area contributed by atoms with Gasteiger partial charge in [-0.15, -0.1) is 0 Å². The first-order chi connectivity index (χ1) is 28.5. The lowest BCUT2D eigenvalue weighted by molar-refractivity contribution is -0.139. The second-order valence-corrected chi connectivity index (χ2v) is 17.2. The molecule has 0 bridgehead atoms. The number of carbonyl (C=O) groups is 7. The molecule has 7 atom stereocenters. The van der Waals surface area contributed by atoms with E-state index in [1.807, 2.05) is 43.3 Å². The lowest BCUT2D eigenvalue weighted by atomic mass is 9.95. The Morgan fingerprint density at radius 1 is 0.633 bits per heavy atom. The zero-order chi connectivity index (χ0) is 43.8. The van der Waals surface area contributed by atoms with E-state index < -0.39 is 109 Å². The molecule has 1 fully saturated rings. The van der Waals surface area contributed by atoms with E-state index in [1.165, 1.54) is 0 Å². The number of amides is 6. The molecule has 2 aromatic carbocycles. The molecule has 19 heteroatoms. The minimum absolute atomic E-state index is 0.0428. The number of rotatable bonds is 11. The number of hydrogen-bond donors (Lipinski definition) is 10. The third-order valence-electron chi connectivity index (χ3n) is 10.7. The molecule has 2 aromatic heterocycles. The molecule has 322 valence electrons. The highest BCUT2D eigenvalue weighted by Crippen LogP contribution is 2.26. The topological polar surface area (TPSA) is 264 Å². The van der Waals surface area contributed by atoms with E-state index in [0.717, 1.165) is 30.8 Å². The van der Waals surface area contributed by atoms with Crippen LogP contribution in [0.1, 0.15) is 58.1 Å². The van der Waals surface area contributed by atoms with Crippen LogP contribution in [0.3, 0.4) is 0 Å². The SMILES string of the molecule is CC[C@H](C)[C@@H]1NC(=O)[C@@H](Cc2c[nH]c3cc(Br)ccc23)NC(=O)[C@@H](Cc2c[nH]c3ccc(Br)cc23)NC(=O)[C@@H](CO)NC(=O)[C@@H](CCC(=O)O)NC(=O)[C@@H](C(C)C)NC1=O. The molecule has 0 radical (unpaired) electrons. The van der Waals surface area contributed by atoms with Gasteiger partial charge >= 0.3 is 5.97 Å². The highest BCUT2D eigenvalue weighted by atomic mass is 79.9. The van der Waals surface area contributed by atoms with Crippen LogP contribution in [0.5, 0.6) is 0 Å². The van der Waals surface area contributed by atoms with E-state index in [4.69, 9.17) is 0 Å². The first-order valence-electron chi connectivity index (χ1n) is 19.6. The number of carboxylic acid groups (broad SMARTS) is 1. The van der Waals surface area contributed by atoms with E-state index >= 15 is 0 Å². The molecule has 0 spiro atoms. The van der Waals surface area contributed by atoms with Crippen molar-refractivity contribution in [1.82, 2.24) is 41.9 Å². The van der Waals surface area contributed by atoms with Gasteiger partial charge in [-0.3, -0.25) is 33.6 Å². The Bertz CT molecular complexity index is 2260. The highest BCUT2D eigenvalue weighted by Gasteiger charge is 2.37. The number of benzene rings is 2. The van der Waals surface area contributed by atoms with Crippen molar-refractivity contribution >= 4 is 95.1 Å². The lowest BCUT2D eigenvalue weighted by Crippen LogP contribution is -2.63. The number of aliphatic carboxylic acids is 1. The third-order valence-corrected chi connectivity index (χ3v) is 11.7. The molecule has 1 aliphatic rings. The Hall–Kier alpha value is -5.27. The predicted molar refractivity (Wildman–Crippen MR) is 229 cm³/mol. The first kappa shape index (κ1) is 45.8. The number of hydrogen-bond acceptors (Lipinski definition) is 8. The van der Waals surface area contributed by atoms with Gasteiger partial charge in [0, 0.05) is 62.4 Å². The maximum atomic E-state index is 14.6. The molecule has 0 saturated carbocycles. The van der Waals surface area contributed by atoms with Crippen molar-refractivity contribution < 1.29 is 43.8 Å². The van der Waals surface area contributed by atoms with Gasteiger partial charge < -0.3 is 52.1 Å². The first-order valence-corrected chi connectivity index (χ1v) is 21.2. The molecule has 3 heterocycles. The van der Waals surface area contributed by atoms with Crippen molar-refractivity contribution in [3.8, 4) is 0 Å². The van der Waals surface area contributed by atoms with Crippen LogP contribution in [0.15, 0.2) is 57.7 Å². The second kappa shape index (κ2) is 20.3. The molecule has 6 amide bonds. The average Bonchev–Trinajstić information content (AvgIpc) is 3.79. The van der Waals surface area contributed by atoms with Gasteiger partial charge in [0.25, 0.3) is 0 Å². The summed E-state index contributed by atoms with van der Waals surface area (Å²) in [5.74, 6) is -7.22. The van der Waals surface area contributed by atoms with Crippen LogP contribution in [0.2, 0.25) is 0 Å². The smallest absolute Gasteiger partial charge is 0.303 e. The van der Waals surface area contributed by atoms with Crippen molar-refractivity contribution in [2.45, 2.75) is 96.1 Å². The minimum Gasteiger partial charge on any atom is -0.481 e. The number of aliphatic hydroxyl groups excluding tert-OH is 1. The van der Waals surface area contributed by atoms with Crippen LogP contribution in [0.4, 0.5) is 0 Å². The standard InChI is InChI=1S/C41H50Br2N8O9/c1-5-20(4)35-41(60)50-34(19(2)3)40(59)46-28(10-11-33(53)54)36(55)49-32(18-52)39(58)48-30(13-22-17-44-27-9-7-23(42)14-26(22)27)37(56)47-31(38(57)51-35)12-21-16-45-29-15-24(43)6-8-25(21)29/h6-9,14-17,19-20,28,30-32,34-35,44-45,52H,5,10-13,18H2,1-4H3,(H,46,59)(H,47,56)(H,48,58)(H,49,55)(H,50,60)(H,51,57)(H,53,54)/t20-,28+,30+,31+,32+,34+,35-/m0/s1. The molecule has 1 saturated heterocycles. The van der Waals surface area contributed by atoms with Crippen LogP contribution >= 0.6 is 31.9 Å². The van der Waals surface area contributed by atoms with Gasteiger partial charge in [0.15, 0.2) is 0 Å². The normalized spacial score (nSPS) is 23.2. The molecule has 17 nitrogen and oxygen atoms in total. The number of halogens is 2. The molecule has 0 aliphatic carbocycles. The van der Waals surface area contributed by atoms with E-state index in [-0.39, 0.29) is 12.8 Å². The summed E-state index contributed by atoms with van der Waals surface area (Å²) in [7, 11) is 0. The monoisotopic (exact) mass is 956 g/mol. The maximum absolute atomic E-state index is 14.6. The number of fused-ring (bicyclic) bond motifs is 2. The zero-order valence-electron chi connectivity index (χ0n) is 33.5. The van der Waals surface area contributed by atoms with Gasteiger partial charge in [0.1, 0.15) is 36.3 Å². The number of carboxylic acids is 1. The number of H-pyrrole nitrogens is 2. The second-order valence-electron chi connectivity index (χ2n) is 15.4. The van der Waals surface area contributed by atoms with Crippen molar-refractivity contribution in [1.29, 1.82) is 0 Å². The van der Waals surface area contributed by atoms with Gasteiger partial charge in [-0.05, 0) is 59.7 Å². The van der Waals surface area contributed by atoms with Gasteiger partial charge in [-0.25, -0.2) is 0 Å². The number of carbonyl (C=O) groups excluding carboxylic acids is 6. The van der Waals surface area contributed by atoms with Crippen LogP contribution in [0.25, 0.3) is 21.8 Å². The van der Waals surface area contributed by atoms with E-state index in [9.17, 15) is 43.8 Å². The molecular weight excluding hydrogens is 908 g/mol. The van der Waals surface area contributed by atoms with Gasteiger partial charge in [0.2, 0.25) is 35.4 Å². The van der Waals surface area contributed by atoms with Crippen LogP contribution < -0.4 is 31.9 Å². The number of aromatic amines is 2. The van der Waals surface area contributed by atoms with Crippen LogP contribution in [-0.2, 0) is 46.4 Å². The Morgan fingerprint density at radius 2 is 1.13 bits per heavy atom. The summed E-state index contributed by atoms with van der Waals surface area (Å²) in [6.45, 7) is 5.95. The molecule has 10 N–H and O–H groups in total. The number of aliphatic hydroxyl groups is 1. The molecule has 4 aromatic rings. The average molecular weight is 959 g/mol. The summed E-state index contributed by atoms with van der Waals surface area (Å²) in [6.07, 6.45) is 2.73. The van der Waals surface area contributed by atoms with Gasteiger partial charge in [-0.2, -0.15) is 0 Å². The Labute approximate surface area is 362 Å². The van der Waals surface area contributed by atoms with Crippen LogP contribution in [0, 0.1) is 11.8 Å². The molecular formula is C41H50Br2N8O9. The number of aromatic nitrogens is 2. The summed E-state index contributed by atoms with van der Waals surface area (Å²) in [5.41, 5.74) is 2.79. The van der Waals surface area contributed by atoms with E-state index in [2.05, 4.69) is 73.7 Å². The zero-order valence-corrected chi connectivity index (χ0v) is 36.7. The summed E-state index contributed by atoms with van der Waals surface area (Å²) < 4.78 is 1.57. The fourth-order valence-corrected chi connectivity index (χ4v) is 7.77. The van der Waals surface area contributed by atoms with Crippen molar-refractivity contribution in [3.63, 3.8) is 0 Å². The summed E-state index contributed by atoms with van der Waals surface area (Å²) in [5, 5.41) is 37.2. The molecule has 0 unspecified atom stereocenters. The quantitative estimate of drug-likeness (QED) is 0.106. The maximum Gasteiger partial charge on any atom is 0.303 e. The van der Waals surface area contributed by atoms with Crippen molar-refractivity contribution in [2.24, 2.45) is 11.8 Å². The summed E-state index contributed by atoms with van der Waals surface area (Å²) in [4.78, 5) is 102. The van der Waals surface area contributed by atoms with Crippen LogP contribution in [-0.4, -0.2) is 104 Å². The fraction of sp³-hybridized carbons (Fsp3) is 0.439. The Balaban J connectivity index is 1.60.